The van der Waals surface area contributed by atoms with Gasteiger partial charge in [0.15, 0.2) is 0 Å². The Morgan fingerprint density at radius 3 is 2.52 bits per heavy atom. The molecule has 1 N–H and O–H groups in total. The van der Waals surface area contributed by atoms with Crippen molar-refractivity contribution in [3.05, 3.63) is 35.2 Å². The fraction of sp³-hybridized carbons (Fsp3) is 0.667. The largest absolute Gasteiger partial charge is 0.377 e. The highest BCUT2D eigenvalue weighted by Crippen LogP contribution is 2.15. The summed E-state index contributed by atoms with van der Waals surface area (Å²) in [5, 5.41) is 3.21. The number of aromatic nitrogens is 1. The van der Waals surface area contributed by atoms with Gasteiger partial charge in [-0.1, -0.05) is 26.0 Å². The lowest BCUT2D eigenvalue weighted by Crippen LogP contribution is -2.30. The quantitative estimate of drug-likeness (QED) is 0.575. The summed E-state index contributed by atoms with van der Waals surface area (Å²) in [7, 11) is 6.36. The van der Waals surface area contributed by atoms with Crippen LogP contribution < -0.4 is 5.32 Å². The number of nitrogens with zero attached hydrogens (tertiary/aromatic N) is 3. The Bertz CT molecular complexity index is 525. The van der Waals surface area contributed by atoms with Crippen molar-refractivity contribution >= 4 is 5.82 Å². The molecular formula is C21H38N4. The number of allylic oxidation sites excluding steroid dienone is 2. The van der Waals surface area contributed by atoms with Crippen LogP contribution in [0.3, 0.4) is 0 Å². The van der Waals surface area contributed by atoms with Crippen LogP contribution in [0, 0.1) is 0 Å². The number of hydrogen-bond donors (Lipinski definition) is 1. The topological polar surface area (TPSA) is 31.4 Å². The molecule has 0 radical (unpaired) electrons. The van der Waals surface area contributed by atoms with E-state index in [0.717, 1.165) is 44.7 Å². The van der Waals surface area contributed by atoms with Crippen LogP contribution in [0.4, 0.5) is 5.82 Å². The van der Waals surface area contributed by atoms with Gasteiger partial charge in [0.05, 0.1) is 0 Å². The highest BCUT2D eigenvalue weighted by molar-refractivity contribution is 5.44. The fourth-order valence-electron chi connectivity index (χ4n) is 2.92. The first-order valence-corrected chi connectivity index (χ1v) is 9.74. The molecule has 4 nitrogen and oxygen atoms in total. The summed E-state index contributed by atoms with van der Waals surface area (Å²) in [6, 6.07) is 4.39. The van der Waals surface area contributed by atoms with E-state index in [4.69, 9.17) is 4.98 Å². The maximum absolute atomic E-state index is 4.74. The molecule has 1 aromatic rings. The second-order valence-corrected chi connectivity index (χ2v) is 6.85. The Morgan fingerprint density at radius 2 is 1.88 bits per heavy atom. The number of anilines is 1. The molecule has 0 aliphatic carbocycles. The summed E-state index contributed by atoms with van der Waals surface area (Å²) in [6.07, 6.45) is 7.89. The highest BCUT2D eigenvalue weighted by Gasteiger charge is 2.05. The van der Waals surface area contributed by atoms with Crippen LogP contribution in [-0.4, -0.2) is 55.6 Å². The molecule has 4 heteroatoms. The van der Waals surface area contributed by atoms with Gasteiger partial charge in [-0.25, -0.2) is 4.98 Å². The van der Waals surface area contributed by atoms with Gasteiger partial charge in [-0.15, -0.1) is 0 Å². The summed E-state index contributed by atoms with van der Waals surface area (Å²) < 4.78 is 0. The maximum Gasteiger partial charge on any atom is 0.129 e. The molecule has 0 saturated heterocycles. The predicted molar refractivity (Wildman–Crippen MR) is 110 cm³/mol. The van der Waals surface area contributed by atoms with Gasteiger partial charge in [0, 0.05) is 38.6 Å². The van der Waals surface area contributed by atoms with E-state index < -0.39 is 0 Å². The molecule has 0 spiro atoms. The number of aryl methyl sites for hydroxylation is 2. The van der Waals surface area contributed by atoms with E-state index in [1.165, 1.54) is 29.8 Å². The zero-order valence-electron chi connectivity index (χ0n) is 17.2. The first kappa shape index (κ1) is 21.5. The van der Waals surface area contributed by atoms with E-state index in [-0.39, 0.29) is 0 Å². The number of pyridine rings is 1. The van der Waals surface area contributed by atoms with Crippen LogP contribution in [0.15, 0.2) is 23.9 Å². The predicted octanol–water partition coefficient (Wildman–Crippen LogP) is 4.19. The van der Waals surface area contributed by atoms with Crippen molar-refractivity contribution < 1.29 is 0 Å². The Morgan fingerprint density at radius 1 is 1.12 bits per heavy atom. The molecule has 25 heavy (non-hydrogen) atoms. The molecule has 142 valence electrons. The Kier molecular flexibility index (Phi) is 10.2. The molecule has 1 rings (SSSR count). The van der Waals surface area contributed by atoms with Gasteiger partial charge in [0.1, 0.15) is 5.82 Å². The molecule has 0 aromatic carbocycles. The standard InChI is InChI=1S/C21H38N4/c1-7-11-18(3)25(6)17-16-24(5)15-10-9-12-20-14-13-19(8-2)21(22-4)23-20/h11,13-14H,7-10,12,15-17H2,1-6H3,(H,22,23)/b18-11-. The van der Waals surface area contributed by atoms with Crippen LogP contribution in [0.2, 0.25) is 0 Å². The number of likely N-dealkylation sites (N-methyl/N-ethyl adjacent to an activating group) is 2. The lowest BCUT2D eigenvalue weighted by Gasteiger charge is -2.24. The molecule has 0 unspecified atom stereocenters. The smallest absolute Gasteiger partial charge is 0.129 e. The number of hydrogen-bond acceptors (Lipinski definition) is 4. The molecule has 0 atom stereocenters. The average molecular weight is 347 g/mol. The second kappa shape index (κ2) is 11.9. The Balaban J connectivity index is 2.28. The Hall–Kier alpha value is -1.55. The fourth-order valence-corrected chi connectivity index (χ4v) is 2.92. The molecule has 0 aliphatic rings. The van der Waals surface area contributed by atoms with Crippen LogP contribution >= 0.6 is 0 Å². The van der Waals surface area contributed by atoms with Crippen LogP contribution in [0.25, 0.3) is 0 Å². The first-order valence-electron chi connectivity index (χ1n) is 9.74. The molecule has 1 heterocycles. The molecule has 0 bridgehead atoms. The zero-order valence-corrected chi connectivity index (χ0v) is 17.2. The second-order valence-electron chi connectivity index (χ2n) is 6.85. The van der Waals surface area contributed by atoms with Gasteiger partial charge in [-0.05, 0) is 64.3 Å². The van der Waals surface area contributed by atoms with E-state index in [9.17, 15) is 0 Å². The molecule has 0 saturated carbocycles. The third-order valence-corrected chi connectivity index (χ3v) is 4.80. The molecule has 0 fully saturated rings. The van der Waals surface area contributed by atoms with Crippen molar-refractivity contribution in [2.45, 2.75) is 52.9 Å². The SMILES string of the molecule is CC/C=C(/C)N(C)CCN(C)CCCCc1ccc(CC)c(NC)n1. The lowest BCUT2D eigenvalue weighted by molar-refractivity contribution is 0.281. The first-order chi connectivity index (χ1) is 12.0. The van der Waals surface area contributed by atoms with Crippen LogP contribution in [0.1, 0.15) is 51.3 Å². The molecular weight excluding hydrogens is 308 g/mol. The van der Waals surface area contributed by atoms with Crippen LogP contribution in [0.5, 0.6) is 0 Å². The van der Waals surface area contributed by atoms with Gasteiger partial charge in [-0.2, -0.15) is 0 Å². The normalized spacial score (nSPS) is 11.9. The summed E-state index contributed by atoms with van der Waals surface area (Å²) in [5.41, 5.74) is 3.87. The van der Waals surface area contributed by atoms with Crippen molar-refractivity contribution in [3.63, 3.8) is 0 Å². The lowest BCUT2D eigenvalue weighted by atomic mass is 10.1. The summed E-state index contributed by atoms with van der Waals surface area (Å²) in [4.78, 5) is 9.52. The third kappa shape index (κ3) is 7.91. The number of rotatable bonds is 12. The number of unbranched alkanes of at least 4 members (excludes halogenated alkanes) is 1. The van der Waals surface area contributed by atoms with E-state index in [1.54, 1.807) is 0 Å². The zero-order chi connectivity index (χ0) is 18.7. The summed E-state index contributed by atoms with van der Waals surface area (Å²) in [6.45, 7) is 9.90. The van der Waals surface area contributed by atoms with Crippen molar-refractivity contribution in [3.8, 4) is 0 Å². The minimum Gasteiger partial charge on any atom is -0.377 e. The van der Waals surface area contributed by atoms with Gasteiger partial charge < -0.3 is 15.1 Å². The van der Waals surface area contributed by atoms with Crippen molar-refractivity contribution in [1.82, 2.24) is 14.8 Å². The highest BCUT2D eigenvalue weighted by atomic mass is 15.2. The summed E-state index contributed by atoms with van der Waals surface area (Å²) >= 11 is 0. The Labute approximate surface area is 155 Å². The molecule has 0 amide bonds. The van der Waals surface area contributed by atoms with Crippen molar-refractivity contribution in [2.75, 3.05) is 46.1 Å². The van der Waals surface area contributed by atoms with Gasteiger partial charge in [0.25, 0.3) is 0 Å². The molecule has 0 aliphatic heterocycles. The van der Waals surface area contributed by atoms with Gasteiger partial charge >= 0.3 is 0 Å². The van der Waals surface area contributed by atoms with Crippen LogP contribution in [-0.2, 0) is 12.8 Å². The maximum atomic E-state index is 4.74. The summed E-state index contributed by atoms with van der Waals surface area (Å²) in [5.74, 6) is 1.04. The van der Waals surface area contributed by atoms with E-state index >= 15 is 0 Å². The van der Waals surface area contributed by atoms with Crippen molar-refractivity contribution in [2.24, 2.45) is 0 Å². The van der Waals surface area contributed by atoms with Gasteiger partial charge in [0.2, 0.25) is 0 Å². The van der Waals surface area contributed by atoms with E-state index in [1.807, 2.05) is 7.05 Å². The van der Waals surface area contributed by atoms with Crippen molar-refractivity contribution in [1.29, 1.82) is 0 Å². The minimum atomic E-state index is 1.02. The van der Waals surface area contributed by atoms with E-state index in [0.29, 0.717) is 0 Å². The minimum absolute atomic E-state index is 1.02. The third-order valence-electron chi connectivity index (χ3n) is 4.80. The average Bonchev–Trinajstić information content (AvgIpc) is 2.63. The van der Waals surface area contributed by atoms with Gasteiger partial charge in [-0.3, -0.25) is 0 Å². The monoisotopic (exact) mass is 346 g/mol. The molecule has 1 aromatic heterocycles. The van der Waals surface area contributed by atoms with E-state index in [2.05, 4.69) is 68.2 Å². The number of nitrogens with one attached hydrogen (secondary N) is 1.